The van der Waals surface area contributed by atoms with Crippen LogP contribution in [-0.4, -0.2) is 30.4 Å². The van der Waals surface area contributed by atoms with Crippen LogP contribution in [0.5, 0.6) is 5.75 Å². The first kappa shape index (κ1) is 13.4. The maximum atomic E-state index is 9.84. The first-order chi connectivity index (χ1) is 8.65. The van der Waals surface area contributed by atoms with Crippen LogP contribution in [0.3, 0.4) is 0 Å². The van der Waals surface area contributed by atoms with Crippen molar-refractivity contribution in [1.29, 1.82) is 0 Å². The molecule has 100 valence electrons. The molecule has 1 unspecified atom stereocenters. The summed E-state index contributed by atoms with van der Waals surface area (Å²) in [6.45, 7) is 5.06. The molecule has 0 amide bonds. The summed E-state index contributed by atoms with van der Waals surface area (Å²) in [5, 5.41) is 13.2. The highest BCUT2D eigenvalue weighted by Gasteiger charge is 2.17. The van der Waals surface area contributed by atoms with E-state index in [0.717, 1.165) is 11.3 Å². The van der Waals surface area contributed by atoms with Crippen molar-refractivity contribution in [2.24, 2.45) is 0 Å². The Morgan fingerprint density at radius 2 is 2.17 bits per heavy atom. The SMILES string of the molecule is Cc1ccc(OCC(O)CNC2CCC2)c(C)c1. The number of ether oxygens (including phenoxy) is 1. The quantitative estimate of drug-likeness (QED) is 0.812. The van der Waals surface area contributed by atoms with Gasteiger partial charge < -0.3 is 15.2 Å². The minimum atomic E-state index is -0.439. The second-order valence-corrected chi connectivity index (χ2v) is 5.27. The van der Waals surface area contributed by atoms with E-state index in [9.17, 15) is 5.11 Å². The number of aliphatic hydroxyl groups excluding tert-OH is 1. The Hall–Kier alpha value is -1.06. The Morgan fingerprint density at radius 3 is 2.78 bits per heavy atom. The maximum absolute atomic E-state index is 9.84. The molecule has 2 N–H and O–H groups in total. The number of benzene rings is 1. The molecule has 1 saturated carbocycles. The van der Waals surface area contributed by atoms with Crippen molar-refractivity contribution in [3.8, 4) is 5.75 Å². The Balaban J connectivity index is 1.72. The van der Waals surface area contributed by atoms with Gasteiger partial charge in [0.05, 0.1) is 0 Å². The number of nitrogens with one attached hydrogen (secondary N) is 1. The lowest BCUT2D eigenvalue weighted by Crippen LogP contribution is -2.41. The summed E-state index contributed by atoms with van der Waals surface area (Å²) in [7, 11) is 0. The average molecular weight is 249 g/mol. The highest BCUT2D eigenvalue weighted by atomic mass is 16.5. The zero-order valence-electron chi connectivity index (χ0n) is 11.3. The van der Waals surface area contributed by atoms with Gasteiger partial charge in [0.1, 0.15) is 18.5 Å². The molecule has 0 aromatic heterocycles. The Labute approximate surface area is 109 Å². The molecule has 1 aliphatic rings. The lowest BCUT2D eigenvalue weighted by molar-refractivity contribution is 0.0994. The molecule has 0 heterocycles. The molecule has 3 heteroatoms. The molecule has 1 atom stereocenters. The van der Waals surface area contributed by atoms with Crippen molar-refractivity contribution in [3.05, 3.63) is 29.3 Å². The zero-order valence-corrected chi connectivity index (χ0v) is 11.3. The van der Waals surface area contributed by atoms with E-state index in [0.29, 0.717) is 19.2 Å². The standard InChI is InChI=1S/C15H23NO2/c1-11-6-7-15(12(2)8-11)18-10-14(17)9-16-13-4-3-5-13/h6-8,13-14,16-17H,3-5,9-10H2,1-2H3. The Morgan fingerprint density at radius 1 is 1.39 bits per heavy atom. The van der Waals surface area contributed by atoms with E-state index >= 15 is 0 Å². The van der Waals surface area contributed by atoms with Crippen LogP contribution < -0.4 is 10.1 Å². The van der Waals surface area contributed by atoms with Gasteiger partial charge >= 0.3 is 0 Å². The molecular weight excluding hydrogens is 226 g/mol. The smallest absolute Gasteiger partial charge is 0.122 e. The molecule has 1 aromatic carbocycles. The lowest BCUT2D eigenvalue weighted by Gasteiger charge is -2.27. The fourth-order valence-corrected chi connectivity index (χ4v) is 2.12. The Kier molecular flexibility index (Phi) is 4.61. The molecule has 2 rings (SSSR count). The third-order valence-corrected chi connectivity index (χ3v) is 3.51. The topological polar surface area (TPSA) is 41.5 Å². The van der Waals surface area contributed by atoms with Crippen molar-refractivity contribution in [2.45, 2.75) is 45.3 Å². The Bertz CT molecular complexity index is 388. The average Bonchev–Trinajstić information content (AvgIpc) is 2.25. The molecule has 1 fully saturated rings. The van der Waals surface area contributed by atoms with Gasteiger partial charge in [-0.25, -0.2) is 0 Å². The van der Waals surface area contributed by atoms with E-state index < -0.39 is 6.10 Å². The van der Waals surface area contributed by atoms with E-state index in [1.165, 1.54) is 24.8 Å². The van der Waals surface area contributed by atoms with Gasteiger partial charge in [0, 0.05) is 12.6 Å². The van der Waals surface area contributed by atoms with Gasteiger partial charge in [-0.1, -0.05) is 24.1 Å². The monoisotopic (exact) mass is 249 g/mol. The summed E-state index contributed by atoms with van der Waals surface area (Å²) in [5.41, 5.74) is 2.35. The van der Waals surface area contributed by atoms with Crippen LogP contribution in [0.1, 0.15) is 30.4 Å². The molecule has 0 saturated heterocycles. The highest BCUT2D eigenvalue weighted by molar-refractivity contribution is 5.35. The molecule has 1 aliphatic carbocycles. The molecule has 0 spiro atoms. The summed E-state index contributed by atoms with van der Waals surface area (Å²) < 4.78 is 5.65. The van der Waals surface area contributed by atoms with Crippen molar-refractivity contribution < 1.29 is 9.84 Å². The van der Waals surface area contributed by atoms with Gasteiger partial charge in [0.25, 0.3) is 0 Å². The van der Waals surface area contributed by atoms with Crippen LogP contribution in [-0.2, 0) is 0 Å². The first-order valence-corrected chi connectivity index (χ1v) is 6.76. The van der Waals surface area contributed by atoms with E-state index in [1.54, 1.807) is 0 Å². The third-order valence-electron chi connectivity index (χ3n) is 3.51. The summed E-state index contributed by atoms with van der Waals surface area (Å²) in [4.78, 5) is 0. The summed E-state index contributed by atoms with van der Waals surface area (Å²) >= 11 is 0. The fourth-order valence-electron chi connectivity index (χ4n) is 2.12. The maximum Gasteiger partial charge on any atom is 0.122 e. The van der Waals surface area contributed by atoms with Gasteiger partial charge in [-0.05, 0) is 38.3 Å². The van der Waals surface area contributed by atoms with Gasteiger partial charge in [-0.2, -0.15) is 0 Å². The second kappa shape index (κ2) is 6.21. The van der Waals surface area contributed by atoms with Crippen LogP contribution in [0.2, 0.25) is 0 Å². The van der Waals surface area contributed by atoms with Crippen LogP contribution in [0, 0.1) is 13.8 Å². The molecule has 1 aromatic rings. The van der Waals surface area contributed by atoms with Crippen LogP contribution >= 0.6 is 0 Å². The van der Waals surface area contributed by atoms with Gasteiger partial charge in [0.15, 0.2) is 0 Å². The zero-order chi connectivity index (χ0) is 13.0. The van der Waals surface area contributed by atoms with Crippen LogP contribution in [0.4, 0.5) is 0 Å². The number of aliphatic hydroxyl groups is 1. The summed E-state index contributed by atoms with van der Waals surface area (Å²) in [6, 6.07) is 6.70. The van der Waals surface area contributed by atoms with Gasteiger partial charge in [-0.3, -0.25) is 0 Å². The van der Waals surface area contributed by atoms with E-state index in [-0.39, 0.29) is 0 Å². The first-order valence-electron chi connectivity index (χ1n) is 6.76. The molecular formula is C15H23NO2. The number of rotatable bonds is 6. The van der Waals surface area contributed by atoms with Crippen molar-refractivity contribution in [1.82, 2.24) is 5.32 Å². The van der Waals surface area contributed by atoms with Gasteiger partial charge in [-0.15, -0.1) is 0 Å². The summed E-state index contributed by atoms with van der Waals surface area (Å²) in [6.07, 6.45) is 3.36. The lowest BCUT2D eigenvalue weighted by atomic mass is 9.93. The largest absolute Gasteiger partial charge is 0.491 e. The molecule has 0 aliphatic heterocycles. The predicted molar refractivity (Wildman–Crippen MR) is 73.1 cm³/mol. The highest BCUT2D eigenvalue weighted by Crippen LogP contribution is 2.19. The fraction of sp³-hybridized carbons (Fsp3) is 0.600. The normalized spacial score (nSPS) is 17.3. The molecule has 3 nitrogen and oxygen atoms in total. The van der Waals surface area contributed by atoms with Crippen LogP contribution in [0.15, 0.2) is 18.2 Å². The second-order valence-electron chi connectivity index (χ2n) is 5.27. The number of aryl methyl sites for hydroxylation is 2. The van der Waals surface area contributed by atoms with Crippen molar-refractivity contribution >= 4 is 0 Å². The molecule has 0 bridgehead atoms. The van der Waals surface area contributed by atoms with E-state index in [4.69, 9.17) is 4.74 Å². The minimum Gasteiger partial charge on any atom is -0.491 e. The number of hydrogen-bond acceptors (Lipinski definition) is 3. The third kappa shape index (κ3) is 3.72. The molecule has 18 heavy (non-hydrogen) atoms. The number of hydrogen-bond donors (Lipinski definition) is 2. The van der Waals surface area contributed by atoms with E-state index in [2.05, 4.69) is 18.3 Å². The van der Waals surface area contributed by atoms with E-state index in [1.807, 2.05) is 19.1 Å². The van der Waals surface area contributed by atoms with Crippen molar-refractivity contribution in [2.75, 3.05) is 13.2 Å². The predicted octanol–water partition coefficient (Wildman–Crippen LogP) is 2.19. The molecule has 0 radical (unpaired) electrons. The minimum absolute atomic E-state index is 0.351. The van der Waals surface area contributed by atoms with Crippen molar-refractivity contribution in [3.63, 3.8) is 0 Å². The van der Waals surface area contributed by atoms with Gasteiger partial charge in [0.2, 0.25) is 0 Å². The summed E-state index contributed by atoms with van der Waals surface area (Å²) in [5.74, 6) is 0.864. The van der Waals surface area contributed by atoms with Crippen LogP contribution in [0.25, 0.3) is 0 Å².